The first-order valence-corrected chi connectivity index (χ1v) is 11.6. The molecule has 7 nitrogen and oxygen atoms in total. The van der Waals surface area contributed by atoms with Crippen molar-refractivity contribution in [3.63, 3.8) is 0 Å². The molecule has 1 fully saturated rings. The Kier molecular flexibility index (Phi) is 5.39. The Morgan fingerprint density at radius 2 is 2.07 bits per heavy atom. The Hall–Kier alpha value is -3.05. The number of fused-ring (bicyclic) bond motifs is 1. The van der Waals surface area contributed by atoms with Crippen LogP contribution in [0, 0.1) is 11.3 Å². The van der Waals surface area contributed by atoms with Crippen molar-refractivity contribution in [2.45, 2.75) is 30.9 Å². The summed E-state index contributed by atoms with van der Waals surface area (Å²) < 4.78 is 34.9. The summed E-state index contributed by atoms with van der Waals surface area (Å²) in [4.78, 5) is 12.1. The molecule has 1 unspecified atom stereocenters. The second-order valence-corrected chi connectivity index (χ2v) is 9.96. The van der Waals surface area contributed by atoms with Gasteiger partial charge >= 0.3 is 6.09 Å². The van der Waals surface area contributed by atoms with Crippen LogP contribution in [0.1, 0.15) is 23.1 Å². The lowest BCUT2D eigenvalue weighted by molar-refractivity contribution is 0.128. The van der Waals surface area contributed by atoms with E-state index >= 15 is 0 Å². The number of nitrogens with zero attached hydrogens (tertiary/aromatic N) is 1. The second kappa shape index (κ2) is 8.00. The first-order chi connectivity index (χ1) is 14.4. The van der Waals surface area contributed by atoms with Crippen molar-refractivity contribution in [3.05, 3.63) is 65.2 Å². The number of ether oxygens (including phenoxy) is 2. The van der Waals surface area contributed by atoms with Gasteiger partial charge in [-0.15, -0.1) is 0 Å². The fraction of sp³-hybridized carbons (Fsp3) is 0.364. The average Bonchev–Trinajstić information content (AvgIpc) is 3.08. The average molecular weight is 426 g/mol. The first-order valence-electron chi connectivity index (χ1n) is 9.74. The first kappa shape index (κ1) is 20.2. The van der Waals surface area contributed by atoms with Gasteiger partial charge in [0.2, 0.25) is 0 Å². The smallest absolute Gasteiger partial charge is 0.407 e. The molecule has 0 radical (unpaired) electrons. The fourth-order valence-corrected chi connectivity index (χ4v) is 5.85. The number of carbonyl (C=O) groups is 1. The van der Waals surface area contributed by atoms with E-state index in [2.05, 4.69) is 11.4 Å². The lowest BCUT2D eigenvalue weighted by Gasteiger charge is -2.28. The van der Waals surface area contributed by atoms with Crippen molar-refractivity contribution in [1.82, 2.24) is 5.32 Å². The third kappa shape index (κ3) is 4.26. The minimum Gasteiger partial charge on any atom is -0.491 e. The minimum absolute atomic E-state index is 0.0234. The molecule has 4 rings (SSSR count). The van der Waals surface area contributed by atoms with Crippen LogP contribution in [0.25, 0.3) is 0 Å². The number of hydrogen-bond acceptors (Lipinski definition) is 6. The van der Waals surface area contributed by atoms with E-state index in [-0.39, 0.29) is 30.8 Å². The molecule has 0 saturated carbocycles. The molecule has 2 aliphatic rings. The summed E-state index contributed by atoms with van der Waals surface area (Å²) in [6, 6.07) is 16.8. The third-order valence-electron chi connectivity index (χ3n) is 5.58. The van der Waals surface area contributed by atoms with Crippen molar-refractivity contribution in [2.24, 2.45) is 0 Å². The molecule has 1 amide bonds. The summed E-state index contributed by atoms with van der Waals surface area (Å²) in [7, 11) is -3.21. The van der Waals surface area contributed by atoms with E-state index in [9.17, 15) is 18.5 Å². The van der Waals surface area contributed by atoms with Crippen molar-refractivity contribution >= 4 is 15.9 Å². The van der Waals surface area contributed by atoms with Crippen LogP contribution < -0.4 is 10.1 Å². The number of nitriles is 1. The normalized spacial score (nSPS) is 24.2. The van der Waals surface area contributed by atoms with Gasteiger partial charge in [-0.05, 0) is 35.6 Å². The number of carbonyl (C=O) groups excluding carboxylic acids is 1. The highest BCUT2D eigenvalue weighted by Crippen LogP contribution is 2.38. The van der Waals surface area contributed by atoms with Crippen LogP contribution in [0.2, 0.25) is 0 Å². The molecule has 0 aromatic heterocycles. The molecule has 2 atom stereocenters. The minimum atomic E-state index is -3.21. The highest BCUT2D eigenvalue weighted by molar-refractivity contribution is 7.91. The van der Waals surface area contributed by atoms with Crippen LogP contribution in [0.15, 0.2) is 48.5 Å². The number of benzene rings is 2. The van der Waals surface area contributed by atoms with E-state index in [4.69, 9.17) is 9.47 Å². The maximum atomic E-state index is 12.1. The summed E-state index contributed by atoms with van der Waals surface area (Å²) in [5, 5.41) is 12.5. The van der Waals surface area contributed by atoms with E-state index in [0.717, 1.165) is 11.1 Å². The molecule has 2 aromatic rings. The van der Waals surface area contributed by atoms with Gasteiger partial charge in [0.1, 0.15) is 19.0 Å². The Bertz CT molecular complexity index is 1090. The monoisotopic (exact) mass is 426 g/mol. The van der Waals surface area contributed by atoms with Gasteiger partial charge < -0.3 is 14.8 Å². The topological polar surface area (TPSA) is 105 Å². The third-order valence-corrected chi connectivity index (χ3v) is 7.34. The number of amides is 1. The number of alkyl carbamates (subject to hydrolysis) is 1. The number of hydrogen-bond donors (Lipinski definition) is 1. The van der Waals surface area contributed by atoms with Crippen molar-refractivity contribution in [3.8, 4) is 11.8 Å². The van der Waals surface area contributed by atoms with E-state index < -0.39 is 21.3 Å². The second-order valence-electron chi connectivity index (χ2n) is 7.78. The molecule has 0 spiro atoms. The van der Waals surface area contributed by atoms with E-state index in [1.165, 1.54) is 0 Å². The summed E-state index contributed by atoms with van der Waals surface area (Å²) in [6.07, 6.45) is 0.350. The van der Waals surface area contributed by atoms with Gasteiger partial charge in [-0.25, -0.2) is 13.2 Å². The summed E-state index contributed by atoms with van der Waals surface area (Å²) in [5.74, 6) is 0.490. The molecule has 2 aliphatic heterocycles. The van der Waals surface area contributed by atoms with Crippen LogP contribution in [-0.4, -0.2) is 38.7 Å². The maximum absolute atomic E-state index is 12.1. The highest BCUT2D eigenvalue weighted by atomic mass is 32.2. The van der Waals surface area contributed by atoms with Gasteiger partial charge in [0, 0.05) is 0 Å². The summed E-state index contributed by atoms with van der Waals surface area (Å²) in [6.45, 7) is 0.466. The Morgan fingerprint density at radius 3 is 2.77 bits per heavy atom. The van der Waals surface area contributed by atoms with Gasteiger partial charge in [-0.3, -0.25) is 0 Å². The molecule has 1 saturated heterocycles. The quantitative estimate of drug-likeness (QED) is 0.805. The molecule has 0 aliphatic carbocycles. The van der Waals surface area contributed by atoms with Gasteiger partial charge in [-0.1, -0.05) is 42.5 Å². The number of nitrogens with one attached hydrogen (secondary N) is 1. The van der Waals surface area contributed by atoms with Crippen LogP contribution in [0.5, 0.6) is 5.75 Å². The van der Waals surface area contributed by atoms with Crippen molar-refractivity contribution in [1.29, 1.82) is 5.26 Å². The molecule has 8 heteroatoms. The van der Waals surface area contributed by atoms with E-state index in [1.807, 2.05) is 36.4 Å². The molecule has 30 heavy (non-hydrogen) atoms. The van der Waals surface area contributed by atoms with Gasteiger partial charge in [-0.2, -0.15) is 5.26 Å². The SMILES string of the molecule is N#CC1(c2ccc3c(c2)OC[C@H](NC(=O)OCc2ccccc2)C3)CCS(=O)(=O)C1. The predicted molar refractivity (Wildman–Crippen MR) is 110 cm³/mol. The number of sulfone groups is 1. The van der Waals surface area contributed by atoms with E-state index in [0.29, 0.717) is 24.2 Å². The van der Waals surface area contributed by atoms with Crippen LogP contribution in [-0.2, 0) is 33.0 Å². The predicted octanol–water partition coefficient (Wildman–Crippen LogP) is 2.50. The Morgan fingerprint density at radius 1 is 1.27 bits per heavy atom. The Balaban J connectivity index is 1.39. The Labute approximate surface area is 175 Å². The van der Waals surface area contributed by atoms with Crippen LogP contribution >= 0.6 is 0 Å². The zero-order chi connectivity index (χ0) is 21.2. The summed E-state index contributed by atoms with van der Waals surface area (Å²) in [5.41, 5.74) is 1.45. The molecule has 2 aromatic carbocycles. The zero-order valence-electron chi connectivity index (χ0n) is 16.3. The van der Waals surface area contributed by atoms with Crippen LogP contribution in [0.4, 0.5) is 4.79 Å². The highest BCUT2D eigenvalue weighted by Gasteiger charge is 2.44. The van der Waals surface area contributed by atoms with Gasteiger partial charge in [0.15, 0.2) is 9.84 Å². The summed E-state index contributed by atoms with van der Waals surface area (Å²) >= 11 is 0. The molecular weight excluding hydrogens is 404 g/mol. The van der Waals surface area contributed by atoms with Gasteiger partial charge in [0.25, 0.3) is 0 Å². The molecule has 0 bridgehead atoms. The lowest BCUT2D eigenvalue weighted by Crippen LogP contribution is -2.43. The largest absolute Gasteiger partial charge is 0.491 e. The van der Waals surface area contributed by atoms with Crippen molar-refractivity contribution < 1.29 is 22.7 Å². The standard InChI is InChI=1S/C22H22N2O5S/c23-14-22(8-9-30(26,27)15-22)18-7-6-17-10-19(13-28-20(17)11-18)24-21(25)29-12-16-4-2-1-3-5-16/h1-7,11,19H,8-10,12-13,15H2,(H,24,25)/t19-,22?/m1/s1. The zero-order valence-corrected chi connectivity index (χ0v) is 17.2. The molecular formula is C22H22N2O5S. The van der Waals surface area contributed by atoms with E-state index in [1.54, 1.807) is 12.1 Å². The van der Waals surface area contributed by atoms with Gasteiger partial charge in [0.05, 0.1) is 29.0 Å². The maximum Gasteiger partial charge on any atom is 0.407 e. The van der Waals surface area contributed by atoms with Crippen LogP contribution in [0.3, 0.4) is 0 Å². The van der Waals surface area contributed by atoms with Crippen molar-refractivity contribution in [2.75, 3.05) is 18.1 Å². The number of rotatable bonds is 4. The lowest BCUT2D eigenvalue weighted by atomic mass is 9.80. The molecule has 1 N–H and O–H groups in total. The molecule has 156 valence electrons. The fourth-order valence-electron chi connectivity index (χ4n) is 3.92. The molecule has 2 heterocycles.